The molecule has 0 spiro atoms. The van der Waals surface area contributed by atoms with E-state index in [1.165, 1.54) is 19.3 Å². The molecular weight excluding hydrogens is 450 g/mol. The van der Waals surface area contributed by atoms with E-state index < -0.39 is 0 Å². The van der Waals surface area contributed by atoms with Crippen LogP contribution in [0.2, 0.25) is 0 Å². The van der Waals surface area contributed by atoms with Crippen LogP contribution in [0.5, 0.6) is 0 Å². The smallest absolute Gasteiger partial charge is 0.230 e. The maximum absolute atomic E-state index is 13.2. The Morgan fingerprint density at radius 3 is 2.20 bits per heavy atom. The molecule has 0 unspecified atom stereocenters. The summed E-state index contributed by atoms with van der Waals surface area (Å²) in [5, 5.41) is 0. The molecule has 1 amide bonds. The third kappa shape index (κ3) is 1.58. The predicted molar refractivity (Wildman–Crippen MR) is 92.7 cm³/mol. The molecule has 3 aliphatic carbocycles. The highest BCUT2D eigenvalue weighted by atomic mass is 79.9. The molecule has 20 heavy (non-hydrogen) atoms. The van der Waals surface area contributed by atoms with E-state index >= 15 is 0 Å². The van der Waals surface area contributed by atoms with Gasteiger partial charge in [0.15, 0.2) is 0 Å². The molecule has 3 saturated carbocycles. The number of fused-ring (bicyclic) bond motifs is 1. The Labute approximate surface area is 146 Å². The van der Waals surface area contributed by atoms with Crippen molar-refractivity contribution in [2.24, 2.45) is 16.2 Å². The normalized spacial score (nSPS) is 42.7. The van der Waals surface area contributed by atoms with E-state index in [0.29, 0.717) is 5.91 Å². The lowest BCUT2D eigenvalue weighted by Gasteiger charge is -2.66. The number of piperidine rings is 1. The molecule has 0 aromatic heterocycles. The predicted octanol–water partition coefficient (Wildman–Crippen LogP) is 4.68. The molecule has 4 fully saturated rings. The highest BCUT2D eigenvalue weighted by molar-refractivity contribution is 9.24. The molecular formula is C15H22Br3NO. The first kappa shape index (κ1) is 15.8. The van der Waals surface area contributed by atoms with E-state index in [9.17, 15) is 4.79 Å². The van der Waals surface area contributed by atoms with E-state index in [1.807, 2.05) is 0 Å². The third-order valence-electron chi connectivity index (χ3n) is 6.51. The monoisotopic (exact) mass is 469 g/mol. The molecule has 1 saturated heterocycles. The minimum atomic E-state index is -0.204. The van der Waals surface area contributed by atoms with Gasteiger partial charge in [-0.25, -0.2) is 0 Å². The van der Waals surface area contributed by atoms with Crippen molar-refractivity contribution in [1.82, 2.24) is 4.90 Å². The third-order valence-corrected chi connectivity index (χ3v) is 9.74. The van der Waals surface area contributed by atoms with Crippen LogP contribution in [0.3, 0.4) is 0 Å². The minimum Gasteiger partial charge on any atom is -0.342 e. The molecule has 1 aliphatic heterocycles. The van der Waals surface area contributed by atoms with Gasteiger partial charge >= 0.3 is 0 Å². The molecule has 0 aromatic rings. The summed E-state index contributed by atoms with van der Waals surface area (Å²) in [5.41, 5.74) is -0.0387. The summed E-state index contributed by atoms with van der Waals surface area (Å²) in [6.45, 7) is 6.48. The number of rotatable bonds is 2. The van der Waals surface area contributed by atoms with Gasteiger partial charge in [0.25, 0.3) is 0 Å². The van der Waals surface area contributed by atoms with Crippen LogP contribution in [0, 0.1) is 16.2 Å². The zero-order valence-corrected chi connectivity index (χ0v) is 16.9. The maximum Gasteiger partial charge on any atom is 0.230 e. The van der Waals surface area contributed by atoms with Crippen LogP contribution in [-0.4, -0.2) is 32.5 Å². The van der Waals surface area contributed by atoms with Gasteiger partial charge in [0.2, 0.25) is 5.91 Å². The molecule has 4 rings (SSSR count). The zero-order chi connectivity index (χ0) is 14.8. The molecule has 114 valence electrons. The van der Waals surface area contributed by atoms with Crippen LogP contribution in [0.4, 0.5) is 0 Å². The van der Waals surface area contributed by atoms with Crippen LogP contribution < -0.4 is 0 Å². The van der Waals surface area contributed by atoms with E-state index in [2.05, 4.69) is 66.5 Å². The number of carbonyl (C=O) groups excluding carboxylic acids is 1. The van der Waals surface area contributed by atoms with E-state index in [1.54, 1.807) is 0 Å². The number of likely N-dealkylation sites (tertiary alicyclic amines) is 1. The number of hydrogen-bond acceptors (Lipinski definition) is 1. The molecule has 4 aliphatic rings. The zero-order valence-electron chi connectivity index (χ0n) is 12.1. The Balaban J connectivity index is 1.92. The van der Waals surface area contributed by atoms with Crippen LogP contribution in [0.15, 0.2) is 0 Å². The van der Waals surface area contributed by atoms with Gasteiger partial charge in [0.05, 0.1) is 9.15 Å². The van der Waals surface area contributed by atoms with Crippen molar-refractivity contribution in [3.8, 4) is 0 Å². The maximum atomic E-state index is 13.2. The van der Waals surface area contributed by atoms with Crippen molar-refractivity contribution in [2.75, 3.05) is 13.1 Å². The molecule has 0 radical (unpaired) electrons. The molecule has 0 N–H and O–H groups in total. The number of hydrogen-bond donors (Lipinski definition) is 0. The molecule has 0 aromatic carbocycles. The fourth-order valence-electron chi connectivity index (χ4n) is 5.05. The summed E-state index contributed by atoms with van der Waals surface area (Å²) in [6.07, 6.45) is 5.72. The Morgan fingerprint density at radius 2 is 1.75 bits per heavy atom. The first-order valence-electron chi connectivity index (χ1n) is 7.54. The van der Waals surface area contributed by atoms with Crippen molar-refractivity contribution in [2.45, 2.75) is 54.5 Å². The summed E-state index contributed by atoms with van der Waals surface area (Å²) in [6, 6.07) is 0. The van der Waals surface area contributed by atoms with Crippen LogP contribution in [0.25, 0.3) is 0 Å². The average molecular weight is 472 g/mol. The fourth-order valence-corrected chi connectivity index (χ4v) is 9.95. The van der Waals surface area contributed by atoms with Crippen molar-refractivity contribution < 1.29 is 4.79 Å². The lowest BCUT2D eigenvalue weighted by atomic mass is 9.43. The highest BCUT2D eigenvalue weighted by Gasteiger charge is 2.83. The van der Waals surface area contributed by atoms with E-state index in [-0.39, 0.29) is 24.8 Å². The van der Waals surface area contributed by atoms with Crippen molar-refractivity contribution in [3.63, 3.8) is 0 Å². The summed E-state index contributed by atoms with van der Waals surface area (Å²) < 4.78 is 0.256. The second-order valence-electron chi connectivity index (χ2n) is 7.15. The van der Waals surface area contributed by atoms with Gasteiger partial charge in [0, 0.05) is 23.3 Å². The number of carbonyl (C=O) groups is 1. The quantitative estimate of drug-likeness (QED) is 0.535. The van der Waals surface area contributed by atoms with Gasteiger partial charge in [-0.05, 0) is 37.5 Å². The van der Waals surface area contributed by atoms with Crippen LogP contribution in [-0.2, 0) is 4.79 Å². The van der Waals surface area contributed by atoms with Gasteiger partial charge in [-0.3, -0.25) is 4.79 Å². The van der Waals surface area contributed by atoms with Gasteiger partial charge in [-0.15, -0.1) is 0 Å². The summed E-state index contributed by atoms with van der Waals surface area (Å²) >= 11 is 11.4. The minimum absolute atomic E-state index is 0.0281. The topological polar surface area (TPSA) is 20.3 Å². The summed E-state index contributed by atoms with van der Waals surface area (Å²) in [7, 11) is 0. The van der Waals surface area contributed by atoms with Gasteiger partial charge in [0.1, 0.15) is 0 Å². The Hall–Kier alpha value is 0.910. The van der Waals surface area contributed by atoms with Crippen molar-refractivity contribution >= 4 is 53.7 Å². The number of alkyl halides is 3. The standard InChI is InChI=1S/C15H22Br3NO/c1-13(2)14(11(17)18)6-7-15(13,10(14)16)12(20)19-8-4-3-5-9-19/h10-11H,3-9H2,1-2H3/t10-,14-,15-/m0/s1. The van der Waals surface area contributed by atoms with Crippen molar-refractivity contribution in [1.29, 1.82) is 0 Å². The first-order chi connectivity index (χ1) is 9.32. The van der Waals surface area contributed by atoms with E-state index in [4.69, 9.17) is 0 Å². The Bertz CT molecular complexity index is 433. The SMILES string of the molecule is CC1(C)[C@@]2(C(=O)N3CCCCC3)CC[C@@]1(C(Br)Br)[C@@H]2Br. The van der Waals surface area contributed by atoms with Crippen LogP contribution >= 0.6 is 47.8 Å². The largest absolute Gasteiger partial charge is 0.342 e. The number of amides is 1. The lowest BCUT2D eigenvalue weighted by Crippen LogP contribution is -2.72. The van der Waals surface area contributed by atoms with Crippen molar-refractivity contribution in [3.05, 3.63) is 0 Å². The summed E-state index contributed by atoms with van der Waals surface area (Å²) in [5.74, 6) is 0.401. The van der Waals surface area contributed by atoms with Crippen LogP contribution in [0.1, 0.15) is 46.0 Å². The number of nitrogens with zero attached hydrogens (tertiary/aromatic N) is 1. The van der Waals surface area contributed by atoms with E-state index in [0.717, 1.165) is 25.9 Å². The fraction of sp³-hybridized carbons (Fsp3) is 0.933. The second kappa shape index (κ2) is 4.95. The Kier molecular flexibility index (Phi) is 3.91. The summed E-state index contributed by atoms with van der Waals surface area (Å²) in [4.78, 5) is 15.6. The number of halogens is 3. The lowest BCUT2D eigenvalue weighted by molar-refractivity contribution is -0.173. The Morgan fingerprint density at radius 1 is 1.15 bits per heavy atom. The molecule has 5 heteroatoms. The van der Waals surface area contributed by atoms with Gasteiger partial charge in [-0.2, -0.15) is 0 Å². The first-order valence-corrected chi connectivity index (χ1v) is 10.3. The molecule has 1 heterocycles. The average Bonchev–Trinajstić information content (AvgIpc) is 2.88. The van der Waals surface area contributed by atoms with Gasteiger partial charge in [-0.1, -0.05) is 61.6 Å². The molecule has 2 nitrogen and oxygen atoms in total. The molecule has 3 atom stereocenters. The molecule has 2 bridgehead atoms. The second-order valence-corrected chi connectivity index (χ2v) is 11.1. The van der Waals surface area contributed by atoms with Gasteiger partial charge < -0.3 is 4.90 Å². The highest BCUT2D eigenvalue weighted by Crippen LogP contribution is 2.82.